The SMILES string of the molecule is CNC1CCC2(CC1S(=O)(=O)CC1CCCO1)OCCO2. The lowest BCUT2D eigenvalue weighted by atomic mass is 9.89. The molecule has 2 saturated heterocycles. The van der Waals surface area contributed by atoms with Crippen molar-refractivity contribution in [3.05, 3.63) is 0 Å². The van der Waals surface area contributed by atoms with Crippen LogP contribution in [0.5, 0.6) is 0 Å². The van der Waals surface area contributed by atoms with Crippen molar-refractivity contribution in [2.45, 2.75) is 55.3 Å². The van der Waals surface area contributed by atoms with Gasteiger partial charge in [-0.3, -0.25) is 0 Å². The third kappa shape index (κ3) is 3.27. The molecule has 0 aromatic carbocycles. The van der Waals surface area contributed by atoms with Gasteiger partial charge in [0.1, 0.15) is 0 Å². The largest absolute Gasteiger partial charge is 0.377 e. The third-order valence-corrected chi connectivity index (χ3v) is 7.14. The highest BCUT2D eigenvalue weighted by Gasteiger charge is 2.49. The molecule has 3 rings (SSSR count). The number of nitrogens with one attached hydrogen (secondary N) is 1. The first-order chi connectivity index (χ1) is 10.0. The molecule has 1 saturated carbocycles. The van der Waals surface area contributed by atoms with Gasteiger partial charge in [0.05, 0.1) is 30.3 Å². The maximum Gasteiger partial charge on any atom is 0.169 e. The Morgan fingerprint density at radius 2 is 1.95 bits per heavy atom. The minimum Gasteiger partial charge on any atom is -0.377 e. The van der Waals surface area contributed by atoms with Crippen LogP contribution in [-0.2, 0) is 24.0 Å². The third-order valence-electron chi connectivity index (χ3n) is 4.89. The van der Waals surface area contributed by atoms with Crippen LogP contribution in [0.4, 0.5) is 0 Å². The van der Waals surface area contributed by atoms with E-state index in [0.29, 0.717) is 26.2 Å². The molecule has 3 fully saturated rings. The van der Waals surface area contributed by atoms with Crippen molar-refractivity contribution in [1.82, 2.24) is 5.32 Å². The minimum absolute atomic E-state index is 0.0326. The van der Waals surface area contributed by atoms with E-state index in [1.54, 1.807) is 0 Å². The summed E-state index contributed by atoms with van der Waals surface area (Å²) in [5, 5.41) is 2.70. The molecule has 3 atom stereocenters. The van der Waals surface area contributed by atoms with E-state index in [1.165, 1.54) is 0 Å². The average Bonchev–Trinajstić information content (AvgIpc) is 3.11. The van der Waals surface area contributed by atoms with Gasteiger partial charge in [-0.1, -0.05) is 0 Å². The van der Waals surface area contributed by atoms with Gasteiger partial charge in [0.2, 0.25) is 0 Å². The number of sulfone groups is 1. The lowest BCUT2D eigenvalue weighted by Gasteiger charge is -2.40. The monoisotopic (exact) mass is 319 g/mol. The standard InChI is InChI=1S/C14H25NO5S/c1-15-12-4-5-14(19-7-8-20-14)9-13(12)21(16,17)10-11-3-2-6-18-11/h11-13,15H,2-10H2,1H3. The van der Waals surface area contributed by atoms with Gasteiger partial charge >= 0.3 is 0 Å². The molecular weight excluding hydrogens is 294 g/mol. The number of ether oxygens (including phenoxy) is 3. The van der Waals surface area contributed by atoms with Crippen molar-refractivity contribution >= 4 is 9.84 Å². The lowest BCUT2D eigenvalue weighted by Crippen LogP contribution is -2.54. The predicted molar refractivity (Wildman–Crippen MR) is 77.9 cm³/mol. The molecule has 2 aliphatic heterocycles. The van der Waals surface area contributed by atoms with Crippen LogP contribution < -0.4 is 5.32 Å². The van der Waals surface area contributed by atoms with Gasteiger partial charge in [0.15, 0.2) is 15.6 Å². The second-order valence-electron chi connectivity index (χ2n) is 6.25. The van der Waals surface area contributed by atoms with Crippen LogP contribution in [0.15, 0.2) is 0 Å². The maximum atomic E-state index is 12.8. The fourth-order valence-electron chi connectivity index (χ4n) is 3.74. The summed E-state index contributed by atoms with van der Waals surface area (Å²) in [6.07, 6.45) is 3.59. The second-order valence-corrected chi connectivity index (χ2v) is 8.51. The second kappa shape index (κ2) is 6.12. The topological polar surface area (TPSA) is 73.9 Å². The summed E-state index contributed by atoms with van der Waals surface area (Å²) in [7, 11) is -1.41. The predicted octanol–water partition coefficient (Wildman–Crippen LogP) is 0.464. The number of hydrogen-bond acceptors (Lipinski definition) is 6. The maximum absolute atomic E-state index is 12.8. The number of hydrogen-bond donors (Lipinski definition) is 1. The van der Waals surface area contributed by atoms with Gasteiger partial charge < -0.3 is 19.5 Å². The summed E-state index contributed by atoms with van der Waals surface area (Å²) in [6.45, 7) is 1.79. The molecule has 0 bridgehead atoms. The molecule has 0 radical (unpaired) electrons. The quantitative estimate of drug-likeness (QED) is 0.812. The molecule has 1 N–H and O–H groups in total. The van der Waals surface area contributed by atoms with Gasteiger partial charge in [-0.05, 0) is 26.3 Å². The first-order valence-electron chi connectivity index (χ1n) is 7.83. The Balaban J connectivity index is 1.75. The van der Waals surface area contributed by atoms with Crippen LogP contribution in [0.2, 0.25) is 0 Å². The summed E-state index contributed by atoms with van der Waals surface area (Å²) < 4.78 is 42.6. The van der Waals surface area contributed by atoms with Crippen LogP contribution in [0, 0.1) is 0 Å². The van der Waals surface area contributed by atoms with Gasteiger partial charge in [-0.15, -0.1) is 0 Å². The molecule has 21 heavy (non-hydrogen) atoms. The highest BCUT2D eigenvalue weighted by Crippen LogP contribution is 2.39. The molecule has 6 nitrogen and oxygen atoms in total. The van der Waals surface area contributed by atoms with Gasteiger partial charge in [0.25, 0.3) is 0 Å². The zero-order chi connectivity index (χ0) is 14.9. The fraction of sp³-hybridized carbons (Fsp3) is 1.00. The highest BCUT2D eigenvalue weighted by atomic mass is 32.2. The Morgan fingerprint density at radius 3 is 2.57 bits per heavy atom. The normalized spacial score (nSPS) is 36.3. The van der Waals surface area contributed by atoms with E-state index in [-0.39, 0.29) is 17.9 Å². The molecule has 1 aliphatic carbocycles. The first kappa shape index (κ1) is 15.7. The molecule has 0 aromatic heterocycles. The smallest absolute Gasteiger partial charge is 0.169 e. The molecule has 3 unspecified atom stereocenters. The number of rotatable bonds is 4. The first-order valence-corrected chi connectivity index (χ1v) is 9.55. The molecule has 122 valence electrons. The van der Waals surface area contributed by atoms with E-state index in [9.17, 15) is 8.42 Å². The molecule has 0 aromatic rings. The summed E-state index contributed by atoms with van der Waals surface area (Å²) in [5.41, 5.74) is 0. The van der Waals surface area contributed by atoms with Crippen LogP contribution in [0.3, 0.4) is 0 Å². The highest BCUT2D eigenvalue weighted by molar-refractivity contribution is 7.92. The van der Waals surface area contributed by atoms with E-state index in [2.05, 4.69) is 5.32 Å². The van der Waals surface area contributed by atoms with Crippen LogP contribution in [0.25, 0.3) is 0 Å². The zero-order valence-electron chi connectivity index (χ0n) is 12.5. The summed E-state index contributed by atoms with van der Waals surface area (Å²) in [4.78, 5) is 0. The van der Waals surface area contributed by atoms with Gasteiger partial charge in [-0.2, -0.15) is 0 Å². The summed E-state index contributed by atoms with van der Waals surface area (Å²) in [5.74, 6) is -0.562. The average molecular weight is 319 g/mol. The van der Waals surface area contributed by atoms with Crippen LogP contribution in [-0.4, -0.2) is 64.2 Å². The zero-order valence-corrected chi connectivity index (χ0v) is 13.4. The van der Waals surface area contributed by atoms with Crippen LogP contribution >= 0.6 is 0 Å². The molecule has 2 heterocycles. The van der Waals surface area contributed by atoms with Crippen molar-refractivity contribution in [3.63, 3.8) is 0 Å². The Morgan fingerprint density at radius 1 is 1.19 bits per heavy atom. The van der Waals surface area contributed by atoms with Crippen molar-refractivity contribution in [2.24, 2.45) is 0 Å². The van der Waals surface area contributed by atoms with Crippen molar-refractivity contribution in [2.75, 3.05) is 32.6 Å². The summed E-state index contributed by atoms with van der Waals surface area (Å²) in [6, 6.07) is -0.0326. The lowest BCUT2D eigenvalue weighted by molar-refractivity contribution is -0.178. The van der Waals surface area contributed by atoms with Crippen molar-refractivity contribution in [1.29, 1.82) is 0 Å². The van der Waals surface area contributed by atoms with E-state index < -0.39 is 20.9 Å². The molecular formula is C14H25NO5S. The van der Waals surface area contributed by atoms with E-state index in [1.807, 2.05) is 7.05 Å². The minimum atomic E-state index is -3.24. The Bertz CT molecular complexity index is 454. The van der Waals surface area contributed by atoms with E-state index >= 15 is 0 Å². The van der Waals surface area contributed by atoms with E-state index in [0.717, 1.165) is 25.7 Å². The molecule has 1 spiro atoms. The van der Waals surface area contributed by atoms with E-state index in [4.69, 9.17) is 14.2 Å². The van der Waals surface area contributed by atoms with Gasteiger partial charge in [-0.25, -0.2) is 8.42 Å². The summed E-state index contributed by atoms with van der Waals surface area (Å²) >= 11 is 0. The van der Waals surface area contributed by atoms with Gasteiger partial charge in [0, 0.05) is 25.5 Å². The Kier molecular flexibility index (Phi) is 4.57. The molecule has 7 heteroatoms. The van der Waals surface area contributed by atoms with Crippen molar-refractivity contribution in [3.8, 4) is 0 Å². The van der Waals surface area contributed by atoms with Crippen LogP contribution in [0.1, 0.15) is 32.1 Å². The van der Waals surface area contributed by atoms with Crippen molar-refractivity contribution < 1.29 is 22.6 Å². The molecule has 3 aliphatic rings. The fourth-order valence-corrected chi connectivity index (χ4v) is 6.05. The molecule has 0 amide bonds. The Labute approximate surface area is 126 Å². The Hall–Kier alpha value is -0.210.